The summed E-state index contributed by atoms with van der Waals surface area (Å²) in [4.78, 5) is 4.15. The van der Waals surface area contributed by atoms with E-state index in [0.717, 1.165) is 18.5 Å². The Balaban J connectivity index is 2.68. The fourth-order valence-corrected chi connectivity index (χ4v) is 1.09. The molecule has 0 aromatic carbocycles. The van der Waals surface area contributed by atoms with Crippen LogP contribution in [0.1, 0.15) is 31.5 Å². The maximum absolute atomic E-state index is 5.85. The minimum Gasteiger partial charge on any atom is -0.397 e. The van der Waals surface area contributed by atoms with Gasteiger partial charge in [-0.05, 0) is 18.6 Å². The zero-order valence-corrected chi connectivity index (χ0v) is 7.33. The topological polar surface area (TPSA) is 64.9 Å². The first-order valence-electron chi connectivity index (χ1n) is 4.21. The predicted molar refractivity (Wildman–Crippen MR) is 50.5 cm³/mol. The first-order valence-corrected chi connectivity index (χ1v) is 4.21. The Hall–Kier alpha value is -1.09. The highest BCUT2D eigenvalue weighted by molar-refractivity contribution is 5.34. The maximum Gasteiger partial charge on any atom is 0.0572 e. The summed E-state index contributed by atoms with van der Waals surface area (Å²) in [5.41, 5.74) is 13.0. The van der Waals surface area contributed by atoms with Gasteiger partial charge < -0.3 is 11.5 Å². The van der Waals surface area contributed by atoms with Gasteiger partial charge >= 0.3 is 0 Å². The minimum absolute atomic E-state index is 0.0515. The van der Waals surface area contributed by atoms with Crippen LogP contribution >= 0.6 is 0 Å². The van der Waals surface area contributed by atoms with Crippen molar-refractivity contribution in [2.75, 3.05) is 5.73 Å². The summed E-state index contributed by atoms with van der Waals surface area (Å²) < 4.78 is 0. The SMILES string of the molecule is CCC[C@@H](N)c1ccc(N)cn1. The van der Waals surface area contributed by atoms with Crippen LogP contribution in [0.4, 0.5) is 5.69 Å². The van der Waals surface area contributed by atoms with Gasteiger partial charge in [0.2, 0.25) is 0 Å². The summed E-state index contributed by atoms with van der Waals surface area (Å²) in [6.45, 7) is 2.11. The van der Waals surface area contributed by atoms with E-state index in [-0.39, 0.29) is 6.04 Å². The van der Waals surface area contributed by atoms with E-state index in [1.165, 1.54) is 0 Å². The van der Waals surface area contributed by atoms with E-state index in [1.807, 2.05) is 12.1 Å². The van der Waals surface area contributed by atoms with Crippen LogP contribution in [-0.4, -0.2) is 4.98 Å². The number of nitrogens with two attached hydrogens (primary N) is 2. The summed E-state index contributed by atoms with van der Waals surface area (Å²) >= 11 is 0. The molecule has 3 nitrogen and oxygen atoms in total. The van der Waals surface area contributed by atoms with Gasteiger partial charge in [0, 0.05) is 6.04 Å². The second kappa shape index (κ2) is 4.07. The zero-order chi connectivity index (χ0) is 8.97. The van der Waals surface area contributed by atoms with Crippen molar-refractivity contribution in [1.82, 2.24) is 4.98 Å². The standard InChI is InChI=1S/C9H15N3/c1-2-3-8(11)9-5-4-7(10)6-12-9/h4-6,8H,2-3,10-11H2,1H3/t8-/m1/s1. The van der Waals surface area contributed by atoms with E-state index >= 15 is 0 Å². The molecule has 0 aliphatic rings. The molecule has 0 saturated heterocycles. The summed E-state index contributed by atoms with van der Waals surface area (Å²) in [6, 6.07) is 3.77. The Kier molecular flexibility index (Phi) is 3.05. The highest BCUT2D eigenvalue weighted by Gasteiger charge is 2.04. The zero-order valence-electron chi connectivity index (χ0n) is 7.33. The fourth-order valence-electron chi connectivity index (χ4n) is 1.09. The molecular formula is C9H15N3. The van der Waals surface area contributed by atoms with Crippen molar-refractivity contribution in [3.05, 3.63) is 24.0 Å². The molecule has 1 rings (SSSR count). The van der Waals surface area contributed by atoms with E-state index in [1.54, 1.807) is 6.20 Å². The van der Waals surface area contributed by atoms with Crippen molar-refractivity contribution in [1.29, 1.82) is 0 Å². The van der Waals surface area contributed by atoms with Crippen molar-refractivity contribution < 1.29 is 0 Å². The molecule has 0 bridgehead atoms. The Bertz CT molecular complexity index is 230. The van der Waals surface area contributed by atoms with Crippen LogP contribution in [-0.2, 0) is 0 Å². The fraction of sp³-hybridized carbons (Fsp3) is 0.444. The van der Waals surface area contributed by atoms with Crippen molar-refractivity contribution in [3.8, 4) is 0 Å². The van der Waals surface area contributed by atoms with Crippen LogP contribution in [0.2, 0.25) is 0 Å². The third kappa shape index (κ3) is 2.20. The van der Waals surface area contributed by atoms with Crippen molar-refractivity contribution in [3.63, 3.8) is 0 Å². The molecule has 1 aromatic heterocycles. The van der Waals surface area contributed by atoms with Crippen LogP contribution in [0.3, 0.4) is 0 Å². The number of hydrogen-bond donors (Lipinski definition) is 2. The van der Waals surface area contributed by atoms with E-state index in [9.17, 15) is 0 Å². The lowest BCUT2D eigenvalue weighted by atomic mass is 10.1. The Morgan fingerprint density at radius 3 is 2.75 bits per heavy atom. The normalized spacial score (nSPS) is 12.8. The quantitative estimate of drug-likeness (QED) is 0.712. The predicted octanol–water partition coefficient (Wildman–Crippen LogP) is 1.46. The van der Waals surface area contributed by atoms with Gasteiger partial charge in [0.05, 0.1) is 17.6 Å². The summed E-state index contributed by atoms with van der Waals surface area (Å²) in [5, 5.41) is 0. The van der Waals surface area contributed by atoms with Crippen molar-refractivity contribution >= 4 is 5.69 Å². The molecule has 0 fully saturated rings. The van der Waals surface area contributed by atoms with Gasteiger partial charge in [-0.25, -0.2) is 0 Å². The molecular weight excluding hydrogens is 150 g/mol. The summed E-state index contributed by atoms with van der Waals surface area (Å²) in [6.07, 6.45) is 3.69. The lowest BCUT2D eigenvalue weighted by Gasteiger charge is -2.08. The third-order valence-electron chi connectivity index (χ3n) is 1.79. The summed E-state index contributed by atoms with van der Waals surface area (Å²) in [5.74, 6) is 0. The van der Waals surface area contributed by atoms with Gasteiger partial charge in [0.25, 0.3) is 0 Å². The van der Waals surface area contributed by atoms with Gasteiger partial charge in [-0.15, -0.1) is 0 Å². The molecule has 66 valence electrons. The molecule has 0 aliphatic heterocycles. The largest absolute Gasteiger partial charge is 0.397 e. The Labute approximate surface area is 72.8 Å². The molecule has 4 N–H and O–H groups in total. The van der Waals surface area contributed by atoms with Gasteiger partial charge in [-0.2, -0.15) is 0 Å². The molecule has 3 heteroatoms. The minimum atomic E-state index is 0.0515. The second-order valence-electron chi connectivity index (χ2n) is 2.91. The van der Waals surface area contributed by atoms with Gasteiger partial charge in [-0.1, -0.05) is 13.3 Å². The van der Waals surface area contributed by atoms with E-state index in [2.05, 4.69) is 11.9 Å². The maximum atomic E-state index is 5.85. The average molecular weight is 165 g/mol. The van der Waals surface area contributed by atoms with Crippen LogP contribution < -0.4 is 11.5 Å². The monoisotopic (exact) mass is 165 g/mol. The van der Waals surface area contributed by atoms with Gasteiger partial charge in [-0.3, -0.25) is 4.98 Å². The molecule has 0 aliphatic carbocycles. The van der Waals surface area contributed by atoms with Gasteiger partial charge in [0.1, 0.15) is 0 Å². The third-order valence-corrected chi connectivity index (χ3v) is 1.79. The molecule has 12 heavy (non-hydrogen) atoms. The highest BCUT2D eigenvalue weighted by Crippen LogP contribution is 2.13. The molecule has 0 radical (unpaired) electrons. The lowest BCUT2D eigenvalue weighted by Crippen LogP contribution is -2.11. The van der Waals surface area contributed by atoms with Crippen LogP contribution in [0.15, 0.2) is 18.3 Å². The van der Waals surface area contributed by atoms with E-state index in [0.29, 0.717) is 5.69 Å². The Morgan fingerprint density at radius 2 is 2.25 bits per heavy atom. The number of aromatic nitrogens is 1. The first kappa shape index (κ1) is 9.00. The number of nitrogen functional groups attached to an aromatic ring is 1. The number of rotatable bonds is 3. The molecule has 0 amide bonds. The van der Waals surface area contributed by atoms with Crippen molar-refractivity contribution in [2.24, 2.45) is 5.73 Å². The smallest absolute Gasteiger partial charge is 0.0572 e. The van der Waals surface area contributed by atoms with Gasteiger partial charge in [0.15, 0.2) is 0 Å². The first-order chi connectivity index (χ1) is 5.74. The molecule has 1 atom stereocenters. The van der Waals surface area contributed by atoms with E-state index < -0.39 is 0 Å². The number of anilines is 1. The second-order valence-corrected chi connectivity index (χ2v) is 2.91. The lowest BCUT2D eigenvalue weighted by molar-refractivity contribution is 0.622. The molecule has 0 saturated carbocycles. The molecule has 1 aromatic rings. The highest BCUT2D eigenvalue weighted by atomic mass is 14.8. The van der Waals surface area contributed by atoms with Crippen LogP contribution in [0.25, 0.3) is 0 Å². The molecule has 0 unspecified atom stereocenters. The molecule has 1 heterocycles. The number of pyridine rings is 1. The molecule has 0 spiro atoms. The number of nitrogens with zero attached hydrogens (tertiary/aromatic N) is 1. The van der Waals surface area contributed by atoms with Crippen LogP contribution in [0, 0.1) is 0 Å². The average Bonchev–Trinajstić information content (AvgIpc) is 2.06. The summed E-state index contributed by atoms with van der Waals surface area (Å²) in [7, 11) is 0. The van der Waals surface area contributed by atoms with Crippen molar-refractivity contribution in [2.45, 2.75) is 25.8 Å². The van der Waals surface area contributed by atoms with Crippen LogP contribution in [0.5, 0.6) is 0 Å². The van der Waals surface area contributed by atoms with E-state index in [4.69, 9.17) is 11.5 Å². The Morgan fingerprint density at radius 1 is 1.50 bits per heavy atom. The number of hydrogen-bond acceptors (Lipinski definition) is 3.